The van der Waals surface area contributed by atoms with Crippen molar-refractivity contribution in [2.45, 2.75) is 38.3 Å². The van der Waals surface area contributed by atoms with Crippen LogP contribution in [0.3, 0.4) is 0 Å². The Labute approximate surface area is 88.8 Å². The monoisotopic (exact) mass is 212 g/mol. The highest BCUT2D eigenvalue weighted by Gasteiger charge is 2.37. The van der Waals surface area contributed by atoms with Crippen LogP contribution >= 0.6 is 0 Å². The van der Waals surface area contributed by atoms with Gasteiger partial charge >= 0.3 is 6.09 Å². The van der Waals surface area contributed by atoms with Crippen molar-refractivity contribution in [2.75, 3.05) is 13.2 Å². The summed E-state index contributed by atoms with van der Waals surface area (Å²) in [4.78, 5) is 24.7. The SMILES string of the molecule is CCOC(=O)N1CC2CCC1CC(=O)N2. The molecule has 2 atom stereocenters. The maximum absolute atomic E-state index is 11.6. The quantitative estimate of drug-likeness (QED) is 0.688. The van der Waals surface area contributed by atoms with Gasteiger partial charge in [-0.3, -0.25) is 4.79 Å². The maximum Gasteiger partial charge on any atom is 0.410 e. The molecule has 0 saturated carbocycles. The second kappa shape index (κ2) is 4.08. The molecule has 0 aliphatic carbocycles. The Balaban J connectivity index is 2.08. The van der Waals surface area contributed by atoms with Crippen LogP contribution in [-0.4, -0.2) is 42.1 Å². The van der Waals surface area contributed by atoms with Crippen LogP contribution in [0.4, 0.5) is 4.79 Å². The molecular formula is C10H16N2O3. The number of rotatable bonds is 1. The fraction of sp³-hybridized carbons (Fsp3) is 0.800. The van der Waals surface area contributed by atoms with Crippen molar-refractivity contribution in [3.63, 3.8) is 0 Å². The highest BCUT2D eigenvalue weighted by Crippen LogP contribution is 2.24. The van der Waals surface area contributed by atoms with Crippen LogP contribution in [0.5, 0.6) is 0 Å². The molecule has 5 heteroatoms. The van der Waals surface area contributed by atoms with Crippen LogP contribution < -0.4 is 5.32 Å². The third-order valence-electron chi connectivity index (χ3n) is 2.99. The average Bonchev–Trinajstić information content (AvgIpc) is 2.46. The van der Waals surface area contributed by atoms with Gasteiger partial charge in [0.1, 0.15) is 0 Å². The van der Waals surface area contributed by atoms with Gasteiger partial charge in [-0.25, -0.2) is 4.79 Å². The molecule has 84 valence electrons. The molecule has 0 aromatic carbocycles. The van der Waals surface area contributed by atoms with Crippen molar-refractivity contribution in [2.24, 2.45) is 0 Å². The van der Waals surface area contributed by atoms with Crippen molar-refractivity contribution < 1.29 is 14.3 Å². The Morgan fingerprint density at radius 2 is 2.40 bits per heavy atom. The van der Waals surface area contributed by atoms with Crippen LogP contribution in [-0.2, 0) is 9.53 Å². The van der Waals surface area contributed by atoms with Crippen molar-refractivity contribution in [1.82, 2.24) is 10.2 Å². The molecule has 0 aromatic heterocycles. The Hall–Kier alpha value is -1.26. The summed E-state index contributed by atoms with van der Waals surface area (Å²) >= 11 is 0. The maximum atomic E-state index is 11.6. The average molecular weight is 212 g/mol. The number of carbonyl (C=O) groups excluding carboxylic acids is 2. The number of nitrogens with zero attached hydrogens (tertiary/aromatic N) is 1. The molecule has 3 aliphatic rings. The summed E-state index contributed by atoms with van der Waals surface area (Å²) in [5.41, 5.74) is 0. The van der Waals surface area contributed by atoms with Crippen molar-refractivity contribution >= 4 is 12.0 Å². The Morgan fingerprint density at radius 1 is 1.60 bits per heavy atom. The Bertz CT molecular complexity index is 280. The molecule has 1 N–H and O–H groups in total. The zero-order valence-electron chi connectivity index (χ0n) is 8.86. The van der Waals surface area contributed by atoms with Crippen LogP contribution in [0.15, 0.2) is 0 Å². The van der Waals surface area contributed by atoms with E-state index in [4.69, 9.17) is 4.74 Å². The van der Waals surface area contributed by atoms with E-state index in [9.17, 15) is 9.59 Å². The van der Waals surface area contributed by atoms with Gasteiger partial charge in [0.15, 0.2) is 0 Å². The first-order valence-electron chi connectivity index (χ1n) is 5.43. The largest absolute Gasteiger partial charge is 0.450 e. The van der Waals surface area contributed by atoms with Gasteiger partial charge in [-0.2, -0.15) is 0 Å². The van der Waals surface area contributed by atoms with Gasteiger partial charge in [-0.15, -0.1) is 0 Å². The molecule has 3 aliphatic heterocycles. The standard InChI is InChI=1S/C10H16N2O3/c1-2-15-10(14)12-6-7-3-4-8(12)5-9(13)11-7/h7-8H,2-6H2,1H3,(H,11,13). The smallest absolute Gasteiger partial charge is 0.410 e. The summed E-state index contributed by atoms with van der Waals surface area (Å²) in [5, 5.41) is 2.91. The molecule has 5 nitrogen and oxygen atoms in total. The van der Waals surface area contributed by atoms with Crippen LogP contribution in [0.1, 0.15) is 26.2 Å². The summed E-state index contributed by atoms with van der Waals surface area (Å²) in [6.45, 7) is 2.76. The zero-order chi connectivity index (χ0) is 10.8. The Morgan fingerprint density at radius 3 is 3.13 bits per heavy atom. The minimum absolute atomic E-state index is 0.0304. The van der Waals surface area contributed by atoms with Gasteiger partial charge in [-0.05, 0) is 19.8 Å². The molecule has 0 aromatic rings. The van der Waals surface area contributed by atoms with Crippen molar-refractivity contribution in [3.05, 3.63) is 0 Å². The lowest BCUT2D eigenvalue weighted by Crippen LogP contribution is -2.49. The van der Waals surface area contributed by atoms with Crippen LogP contribution in [0.25, 0.3) is 0 Å². The van der Waals surface area contributed by atoms with E-state index in [0.717, 1.165) is 12.8 Å². The fourth-order valence-corrected chi connectivity index (χ4v) is 2.29. The molecule has 3 fully saturated rings. The number of ether oxygens (including phenoxy) is 1. The number of hydrogen-bond acceptors (Lipinski definition) is 3. The van der Waals surface area contributed by atoms with Crippen molar-refractivity contribution in [1.29, 1.82) is 0 Å². The second-order valence-corrected chi connectivity index (χ2v) is 4.05. The first-order chi connectivity index (χ1) is 7.20. The molecule has 3 heterocycles. The predicted octanol–water partition coefficient (Wildman–Crippen LogP) is 0.496. The van der Waals surface area contributed by atoms with E-state index in [0.29, 0.717) is 19.6 Å². The van der Waals surface area contributed by atoms with E-state index in [1.165, 1.54) is 0 Å². The highest BCUT2D eigenvalue weighted by molar-refractivity contribution is 5.79. The first-order valence-corrected chi connectivity index (χ1v) is 5.43. The van der Waals surface area contributed by atoms with E-state index in [-0.39, 0.29) is 24.1 Å². The molecular weight excluding hydrogens is 196 g/mol. The molecule has 3 saturated heterocycles. The van der Waals surface area contributed by atoms with E-state index in [1.807, 2.05) is 0 Å². The first kappa shape index (κ1) is 10.3. The fourth-order valence-electron chi connectivity index (χ4n) is 2.29. The van der Waals surface area contributed by atoms with Gasteiger partial charge in [0.2, 0.25) is 5.91 Å². The van der Waals surface area contributed by atoms with Crippen LogP contribution in [0, 0.1) is 0 Å². The molecule has 2 amide bonds. The number of amides is 2. The van der Waals surface area contributed by atoms with E-state index >= 15 is 0 Å². The molecule has 2 unspecified atom stereocenters. The lowest BCUT2D eigenvalue weighted by atomic mass is 9.99. The van der Waals surface area contributed by atoms with Gasteiger partial charge < -0.3 is 15.0 Å². The number of fused-ring (bicyclic) bond motifs is 4. The third kappa shape index (κ3) is 2.06. The van der Waals surface area contributed by atoms with Gasteiger partial charge in [0.05, 0.1) is 6.61 Å². The summed E-state index contributed by atoms with van der Waals surface area (Å²) < 4.78 is 4.97. The molecule has 3 rings (SSSR count). The summed E-state index contributed by atoms with van der Waals surface area (Å²) in [6, 6.07) is 0.142. The lowest BCUT2D eigenvalue weighted by Gasteiger charge is -2.34. The Kier molecular flexibility index (Phi) is 2.79. The lowest BCUT2D eigenvalue weighted by molar-refractivity contribution is -0.121. The number of carbonyl (C=O) groups is 2. The zero-order valence-corrected chi connectivity index (χ0v) is 8.86. The predicted molar refractivity (Wildman–Crippen MR) is 53.3 cm³/mol. The molecule has 0 radical (unpaired) electrons. The number of hydrogen-bond donors (Lipinski definition) is 1. The van der Waals surface area contributed by atoms with Gasteiger partial charge in [0, 0.05) is 25.0 Å². The van der Waals surface area contributed by atoms with Gasteiger partial charge in [-0.1, -0.05) is 0 Å². The summed E-state index contributed by atoms with van der Waals surface area (Å²) in [6.07, 6.45) is 1.98. The second-order valence-electron chi connectivity index (χ2n) is 4.05. The molecule has 15 heavy (non-hydrogen) atoms. The van der Waals surface area contributed by atoms with E-state index < -0.39 is 0 Å². The highest BCUT2D eigenvalue weighted by atomic mass is 16.6. The third-order valence-corrected chi connectivity index (χ3v) is 2.99. The summed E-state index contributed by atoms with van der Waals surface area (Å²) in [7, 11) is 0. The minimum Gasteiger partial charge on any atom is -0.450 e. The van der Waals surface area contributed by atoms with Crippen molar-refractivity contribution in [3.8, 4) is 0 Å². The topological polar surface area (TPSA) is 58.6 Å². The van der Waals surface area contributed by atoms with Crippen LogP contribution in [0.2, 0.25) is 0 Å². The van der Waals surface area contributed by atoms with E-state index in [2.05, 4.69) is 5.32 Å². The van der Waals surface area contributed by atoms with E-state index in [1.54, 1.807) is 11.8 Å². The number of piperidine rings is 1. The normalized spacial score (nSPS) is 29.7. The molecule has 0 spiro atoms. The minimum atomic E-state index is -0.288. The molecule has 2 bridgehead atoms. The summed E-state index contributed by atoms with van der Waals surface area (Å²) in [5.74, 6) is 0.0503. The van der Waals surface area contributed by atoms with Gasteiger partial charge in [0.25, 0.3) is 0 Å². The number of nitrogens with one attached hydrogen (secondary N) is 1.